The summed E-state index contributed by atoms with van der Waals surface area (Å²) in [5, 5.41) is 10.1. The summed E-state index contributed by atoms with van der Waals surface area (Å²) < 4.78 is 1.04. The number of unbranched alkanes of at least 4 members (excludes halogenated alkanes) is 1. The van der Waals surface area contributed by atoms with Gasteiger partial charge in [0.1, 0.15) is 0 Å². The lowest BCUT2D eigenvalue weighted by Gasteiger charge is -2.10. The molecule has 1 atom stereocenters. The third-order valence-electron chi connectivity index (χ3n) is 3.17. The molecular formula is C16H18BrNO. The van der Waals surface area contributed by atoms with Gasteiger partial charge in [0.05, 0.1) is 6.10 Å². The first kappa shape index (κ1) is 14.2. The van der Waals surface area contributed by atoms with Gasteiger partial charge in [-0.05, 0) is 48.6 Å². The van der Waals surface area contributed by atoms with Crippen LogP contribution in [0.1, 0.15) is 36.5 Å². The number of aliphatic hydroxyl groups is 1. The zero-order valence-electron chi connectivity index (χ0n) is 10.8. The van der Waals surface area contributed by atoms with Crippen LogP contribution >= 0.6 is 15.9 Å². The maximum Gasteiger partial charge on any atom is 0.0790 e. The first-order chi connectivity index (χ1) is 9.25. The van der Waals surface area contributed by atoms with Crippen LogP contribution in [0.5, 0.6) is 0 Å². The van der Waals surface area contributed by atoms with Crippen molar-refractivity contribution in [2.75, 3.05) is 0 Å². The van der Waals surface area contributed by atoms with Gasteiger partial charge in [0.25, 0.3) is 0 Å². The van der Waals surface area contributed by atoms with Crippen LogP contribution in [0.4, 0.5) is 0 Å². The lowest BCUT2D eigenvalue weighted by atomic mass is 10.0. The molecule has 0 radical (unpaired) electrons. The van der Waals surface area contributed by atoms with E-state index in [1.54, 1.807) is 6.20 Å². The lowest BCUT2D eigenvalue weighted by Crippen LogP contribution is -1.97. The van der Waals surface area contributed by atoms with Gasteiger partial charge in [0, 0.05) is 16.9 Å². The number of rotatable bonds is 6. The molecule has 0 unspecified atom stereocenters. The molecule has 2 nitrogen and oxygen atoms in total. The Morgan fingerprint density at radius 2 is 1.89 bits per heavy atom. The molecule has 100 valence electrons. The van der Waals surface area contributed by atoms with E-state index in [0.29, 0.717) is 0 Å². The van der Waals surface area contributed by atoms with Gasteiger partial charge in [-0.1, -0.05) is 40.5 Å². The zero-order chi connectivity index (χ0) is 13.5. The fraction of sp³-hybridized carbons (Fsp3) is 0.312. The van der Waals surface area contributed by atoms with E-state index in [1.807, 2.05) is 36.5 Å². The summed E-state index contributed by atoms with van der Waals surface area (Å²) in [6, 6.07) is 11.9. The van der Waals surface area contributed by atoms with Crippen molar-refractivity contribution in [3.05, 3.63) is 64.4 Å². The Labute approximate surface area is 122 Å². The first-order valence-electron chi connectivity index (χ1n) is 6.58. The lowest BCUT2D eigenvalue weighted by molar-refractivity contribution is 0.163. The molecule has 0 bridgehead atoms. The molecule has 0 spiro atoms. The second-order valence-corrected chi connectivity index (χ2v) is 5.59. The third kappa shape index (κ3) is 4.77. The fourth-order valence-electron chi connectivity index (χ4n) is 2.06. The molecular weight excluding hydrogens is 302 g/mol. The number of aromatic nitrogens is 1. The molecule has 2 rings (SSSR count). The topological polar surface area (TPSA) is 33.1 Å². The highest BCUT2D eigenvalue weighted by Gasteiger charge is 2.06. The quantitative estimate of drug-likeness (QED) is 0.806. The second kappa shape index (κ2) is 7.41. The van der Waals surface area contributed by atoms with Crippen LogP contribution in [-0.2, 0) is 6.42 Å². The van der Waals surface area contributed by atoms with E-state index in [9.17, 15) is 5.11 Å². The van der Waals surface area contributed by atoms with Crippen molar-refractivity contribution in [1.82, 2.24) is 4.98 Å². The van der Waals surface area contributed by atoms with Crippen LogP contribution in [0.15, 0.2) is 53.3 Å². The predicted octanol–water partition coefficient (Wildman–Crippen LogP) is 4.29. The van der Waals surface area contributed by atoms with Crippen molar-refractivity contribution in [3.8, 4) is 0 Å². The SMILES string of the molecule is O[C@@H](CCCCc1cccnc1)c1ccc(Br)cc1. The average molecular weight is 320 g/mol. The first-order valence-corrected chi connectivity index (χ1v) is 7.37. The van der Waals surface area contributed by atoms with Crippen LogP contribution in [0.25, 0.3) is 0 Å². The molecule has 1 aromatic carbocycles. The number of pyridine rings is 1. The molecule has 0 saturated heterocycles. The van der Waals surface area contributed by atoms with E-state index in [0.717, 1.165) is 35.7 Å². The number of hydrogen-bond acceptors (Lipinski definition) is 2. The summed E-state index contributed by atoms with van der Waals surface area (Å²) in [5.74, 6) is 0. The van der Waals surface area contributed by atoms with E-state index in [1.165, 1.54) is 5.56 Å². The summed E-state index contributed by atoms with van der Waals surface area (Å²) in [6.07, 6.45) is 7.28. The van der Waals surface area contributed by atoms with Gasteiger partial charge in [-0.25, -0.2) is 0 Å². The summed E-state index contributed by atoms with van der Waals surface area (Å²) in [6.45, 7) is 0. The van der Waals surface area contributed by atoms with Crippen molar-refractivity contribution >= 4 is 15.9 Å². The van der Waals surface area contributed by atoms with Crippen LogP contribution in [0.2, 0.25) is 0 Å². The van der Waals surface area contributed by atoms with Gasteiger partial charge < -0.3 is 5.11 Å². The van der Waals surface area contributed by atoms with Gasteiger partial charge in [0.2, 0.25) is 0 Å². The fourth-order valence-corrected chi connectivity index (χ4v) is 2.33. The number of benzene rings is 1. The average Bonchev–Trinajstić information content (AvgIpc) is 2.45. The maximum absolute atomic E-state index is 10.1. The summed E-state index contributed by atoms with van der Waals surface area (Å²) >= 11 is 3.40. The molecule has 0 amide bonds. The minimum atomic E-state index is -0.359. The van der Waals surface area contributed by atoms with Crippen LogP contribution < -0.4 is 0 Å². The number of aryl methyl sites for hydroxylation is 1. The van der Waals surface area contributed by atoms with Crippen molar-refractivity contribution in [2.45, 2.75) is 31.8 Å². The standard InChI is InChI=1S/C16H18BrNO/c17-15-9-7-14(8-10-15)16(19)6-2-1-4-13-5-3-11-18-12-13/h3,5,7-12,16,19H,1-2,4,6H2/t16-/m0/s1. The molecule has 0 aliphatic carbocycles. The van der Waals surface area contributed by atoms with Gasteiger partial charge in [0.15, 0.2) is 0 Å². The summed E-state index contributed by atoms with van der Waals surface area (Å²) in [5.41, 5.74) is 2.25. The highest BCUT2D eigenvalue weighted by atomic mass is 79.9. The maximum atomic E-state index is 10.1. The van der Waals surface area contributed by atoms with Crippen LogP contribution in [0, 0.1) is 0 Å². The third-order valence-corrected chi connectivity index (χ3v) is 3.70. The molecule has 0 aliphatic rings. The van der Waals surface area contributed by atoms with E-state index >= 15 is 0 Å². The Kier molecular flexibility index (Phi) is 5.55. The monoisotopic (exact) mass is 319 g/mol. The molecule has 2 aromatic rings. The van der Waals surface area contributed by atoms with Crippen LogP contribution in [-0.4, -0.2) is 10.1 Å². The van der Waals surface area contributed by atoms with Crippen molar-refractivity contribution in [2.24, 2.45) is 0 Å². The Hall–Kier alpha value is -1.19. The smallest absolute Gasteiger partial charge is 0.0790 e. The Morgan fingerprint density at radius 3 is 2.58 bits per heavy atom. The Balaban J connectivity index is 1.72. The van der Waals surface area contributed by atoms with Gasteiger partial charge in [-0.3, -0.25) is 4.98 Å². The van der Waals surface area contributed by atoms with Crippen molar-refractivity contribution in [3.63, 3.8) is 0 Å². The Morgan fingerprint density at radius 1 is 1.11 bits per heavy atom. The second-order valence-electron chi connectivity index (χ2n) is 4.67. The highest BCUT2D eigenvalue weighted by Crippen LogP contribution is 2.21. The summed E-state index contributed by atoms with van der Waals surface area (Å²) in [7, 11) is 0. The predicted molar refractivity (Wildman–Crippen MR) is 80.9 cm³/mol. The van der Waals surface area contributed by atoms with Gasteiger partial charge in [-0.2, -0.15) is 0 Å². The van der Waals surface area contributed by atoms with E-state index < -0.39 is 0 Å². The Bertz CT molecular complexity index is 484. The number of hydrogen-bond donors (Lipinski definition) is 1. The minimum Gasteiger partial charge on any atom is -0.388 e. The molecule has 0 saturated carbocycles. The van der Waals surface area contributed by atoms with Crippen LogP contribution in [0.3, 0.4) is 0 Å². The number of nitrogens with zero attached hydrogens (tertiary/aromatic N) is 1. The normalized spacial score (nSPS) is 12.3. The van der Waals surface area contributed by atoms with Crippen molar-refractivity contribution in [1.29, 1.82) is 0 Å². The molecule has 3 heteroatoms. The van der Waals surface area contributed by atoms with Crippen molar-refractivity contribution < 1.29 is 5.11 Å². The molecule has 19 heavy (non-hydrogen) atoms. The number of halogens is 1. The highest BCUT2D eigenvalue weighted by molar-refractivity contribution is 9.10. The van der Waals surface area contributed by atoms with E-state index in [4.69, 9.17) is 0 Å². The molecule has 0 aliphatic heterocycles. The minimum absolute atomic E-state index is 0.359. The van der Waals surface area contributed by atoms with Gasteiger partial charge in [-0.15, -0.1) is 0 Å². The molecule has 0 fully saturated rings. The zero-order valence-corrected chi connectivity index (χ0v) is 12.4. The molecule has 1 heterocycles. The van der Waals surface area contributed by atoms with E-state index in [2.05, 4.69) is 27.0 Å². The number of aliphatic hydroxyl groups excluding tert-OH is 1. The summed E-state index contributed by atoms with van der Waals surface area (Å²) in [4.78, 5) is 4.10. The molecule has 1 aromatic heterocycles. The largest absolute Gasteiger partial charge is 0.388 e. The van der Waals surface area contributed by atoms with Gasteiger partial charge >= 0.3 is 0 Å². The molecule has 1 N–H and O–H groups in total. The van der Waals surface area contributed by atoms with E-state index in [-0.39, 0.29) is 6.10 Å².